The van der Waals surface area contributed by atoms with Crippen LogP contribution in [0.3, 0.4) is 0 Å². The summed E-state index contributed by atoms with van der Waals surface area (Å²) in [4.78, 5) is 10.3. The smallest absolute Gasteiger partial charge is 0.311 e. The van der Waals surface area contributed by atoms with E-state index in [-0.39, 0.29) is 11.4 Å². The fourth-order valence-electron chi connectivity index (χ4n) is 1.30. The van der Waals surface area contributed by atoms with Gasteiger partial charge in [-0.1, -0.05) is 25.1 Å². The van der Waals surface area contributed by atoms with Gasteiger partial charge in [-0.3, -0.25) is 10.1 Å². The van der Waals surface area contributed by atoms with Crippen LogP contribution in [0.1, 0.15) is 12.5 Å². The fourth-order valence-corrected chi connectivity index (χ4v) is 1.30. The molecule has 0 N–H and O–H groups in total. The molecule has 0 heterocycles. The Balaban J connectivity index is 3.34. The Morgan fingerprint density at radius 3 is 2.73 bits per heavy atom. The lowest BCUT2D eigenvalue weighted by Crippen LogP contribution is -2.00. The molecule has 0 aliphatic heterocycles. The molecule has 15 heavy (non-hydrogen) atoms. The third kappa shape index (κ3) is 2.15. The van der Waals surface area contributed by atoms with Crippen molar-refractivity contribution in [3.05, 3.63) is 52.4 Å². The lowest BCUT2D eigenvalue weighted by molar-refractivity contribution is -0.385. The van der Waals surface area contributed by atoms with Crippen molar-refractivity contribution in [2.75, 3.05) is 7.11 Å². The van der Waals surface area contributed by atoms with E-state index < -0.39 is 4.92 Å². The zero-order valence-electron chi connectivity index (χ0n) is 8.69. The zero-order valence-corrected chi connectivity index (χ0v) is 8.69. The molecular formula is C11H12NO3. The molecule has 1 radical (unpaired) electrons. The van der Waals surface area contributed by atoms with Gasteiger partial charge in [0.05, 0.1) is 12.0 Å². The second-order valence-electron chi connectivity index (χ2n) is 3.00. The number of hydrogen-bond donors (Lipinski definition) is 0. The Hall–Kier alpha value is -1.84. The molecule has 0 saturated heterocycles. The van der Waals surface area contributed by atoms with Gasteiger partial charge in [-0.2, -0.15) is 0 Å². The van der Waals surface area contributed by atoms with Crippen LogP contribution in [0, 0.1) is 16.0 Å². The molecule has 0 spiro atoms. The normalized spacial score (nSPS) is 10.1. The molecular weight excluding hydrogens is 194 g/mol. The molecule has 0 saturated carbocycles. The van der Waals surface area contributed by atoms with Crippen molar-refractivity contribution in [3.63, 3.8) is 0 Å². The lowest BCUT2D eigenvalue weighted by atomic mass is 9.99. The minimum Gasteiger partial charge on any atom is -0.490 e. The van der Waals surface area contributed by atoms with Crippen molar-refractivity contribution >= 4 is 5.69 Å². The molecule has 0 aliphatic carbocycles. The first kappa shape index (κ1) is 11.2. The average Bonchev–Trinajstić information content (AvgIpc) is 2.26. The number of nitrogens with zero attached hydrogens (tertiary/aromatic N) is 1. The molecule has 0 fully saturated rings. The predicted octanol–water partition coefficient (Wildman–Crippen LogP) is 2.73. The summed E-state index contributed by atoms with van der Waals surface area (Å²) in [5, 5.41) is 10.7. The largest absolute Gasteiger partial charge is 0.490 e. The van der Waals surface area contributed by atoms with Gasteiger partial charge in [0, 0.05) is 17.5 Å². The molecule has 4 heteroatoms. The second kappa shape index (κ2) is 4.59. The van der Waals surface area contributed by atoms with Crippen molar-refractivity contribution in [2.45, 2.75) is 6.92 Å². The van der Waals surface area contributed by atoms with Gasteiger partial charge in [-0.25, -0.2) is 0 Å². The van der Waals surface area contributed by atoms with Gasteiger partial charge >= 0.3 is 5.69 Å². The van der Waals surface area contributed by atoms with Gasteiger partial charge in [0.25, 0.3) is 0 Å². The van der Waals surface area contributed by atoms with Crippen LogP contribution in [0.5, 0.6) is 5.75 Å². The molecule has 1 rings (SSSR count). The molecule has 0 amide bonds. The van der Waals surface area contributed by atoms with E-state index in [4.69, 9.17) is 4.74 Å². The van der Waals surface area contributed by atoms with Crippen molar-refractivity contribution in [3.8, 4) is 5.75 Å². The van der Waals surface area contributed by atoms with Gasteiger partial charge in [0.1, 0.15) is 0 Å². The maximum Gasteiger partial charge on any atom is 0.311 e. The highest BCUT2D eigenvalue weighted by Gasteiger charge is 2.20. The van der Waals surface area contributed by atoms with E-state index in [2.05, 4.69) is 6.58 Å². The maximum absolute atomic E-state index is 10.7. The number of benzene rings is 1. The Morgan fingerprint density at radius 1 is 1.60 bits per heavy atom. The Morgan fingerprint density at radius 2 is 2.27 bits per heavy atom. The first-order chi connectivity index (χ1) is 7.11. The molecule has 0 aromatic heterocycles. The molecule has 4 nitrogen and oxygen atoms in total. The van der Waals surface area contributed by atoms with Crippen LogP contribution in [0.15, 0.2) is 30.9 Å². The SMILES string of the molecule is C=C[C](C)c1cccc([N+](=O)[O-])c1OC. The number of para-hydroxylation sites is 1. The number of methoxy groups -OCH3 is 1. The Labute approximate surface area is 88.3 Å². The van der Waals surface area contributed by atoms with Gasteiger partial charge in [0.2, 0.25) is 5.75 Å². The molecule has 0 aliphatic rings. The van der Waals surface area contributed by atoms with Crippen LogP contribution < -0.4 is 4.74 Å². The summed E-state index contributed by atoms with van der Waals surface area (Å²) in [5.74, 6) is 1.12. The number of nitro benzene ring substituents is 1. The summed E-state index contributed by atoms with van der Waals surface area (Å²) in [6.45, 7) is 5.45. The van der Waals surface area contributed by atoms with E-state index >= 15 is 0 Å². The summed E-state index contributed by atoms with van der Waals surface area (Å²) < 4.78 is 5.05. The van der Waals surface area contributed by atoms with E-state index in [1.807, 2.05) is 6.92 Å². The third-order valence-corrected chi connectivity index (χ3v) is 2.13. The highest BCUT2D eigenvalue weighted by Crippen LogP contribution is 2.34. The number of rotatable bonds is 4. The fraction of sp³-hybridized carbons (Fsp3) is 0.182. The van der Waals surface area contributed by atoms with Crippen LogP contribution in [-0.2, 0) is 0 Å². The summed E-state index contributed by atoms with van der Waals surface area (Å²) in [6.07, 6.45) is 1.64. The van der Waals surface area contributed by atoms with Gasteiger partial charge in [-0.15, -0.1) is 6.58 Å². The third-order valence-electron chi connectivity index (χ3n) is 2.13. The monoisotopic (exact) mass is 206 g/mol. The zero-order chi connectivity index (χ0) is 11.4. The maximum atomic E-state index is 10.7. The van der Waals surface area contributed by atoms with Gasteiger partial charge < -0.3 is 4.74 Å². The van der Waals surface area contributed by atoms with Crippen molar-refractivity contribution in [1.82, 2.24) is 0 Å². The summed E-state index contributed by atoms with van der Waals surface area (Å²) in [6, 6.07) is 4.81. The van der Waals surface area contributed by atoms with E-state index in [0.717, 1.165) is 5.92 Å². The van der Waals surface area contributed by atoms with Gasteiger partial charge in [0.15, 0.2) is 0 Å². The van der Waals surface area contributed by atoms with Crippen LogP contribution in [0.25, 0.3) is 0 Å². The molecule has 79 valence electrons. The quantitative estimate of drug-likeness (QED) is 0.562. The summed E-state index contributed by atoms with van der Waals surface area (Å²) in [5.41, 5.74) is 0.665. The minimum atomic E-state index is -0.460. The van der Waals surface area contributed by atoms with E-state index in [9.17, 15) is 10.1 Å². The van der Waals surface area contributed by atoms with Gasteiger partial charge in [-0.05, 0) is 0 Å². The number of nitro groups is 1. The van der Waals surface area contributed by atoms with Crippen LogP contribution in [-0.4, -0.2) is 12.0 Å². The van der Waals surface area contributed by atoms with Crippen LogP contribution in [0.4, 0.5) is 5.69 Å². The Bertz CT molecular complexity index is 387. The standard InChI is InChI=1S/C11H12NO3/c1-4-8(2)9-6-5-7-10(12(13)14)11(9)15-3/h4-7H,1H2,2-3H3. The molecule has 0 atom stereocenters. The topological polar surface area (TPSA) is 52.4 Å². The first-order valence-corrected chi connectivity index (χ1v) is 4.39. The highest BCUT2D eigenvalue weighted by atomic mass is 16.6. The van der Waals surface area contributed by atoms with Crippen molar-refractivity contribution in [1.29, 1.82) is 0 Å². The Kier molecular flexibility index (Phi) is 3.44. The predicted molar refractivity (Wildman–Crippen MR) is 57.9 cm³/mol. The number of allylic oxidation sites excluding steroid dienone is 1. The van der Waals surface area contributed by atoms with Crippen LogP contribution in [0.2, 0.25) is 0 Å². The van der Waals surface area contributed by atoms with E-state index in [1.54, 1.807) is 18.2 Å². The second-order valence-corrected chi connectivity index (χ2v) is 3.00. The molecule has 1 aromatic rings. The highest BCUT2D eigenvalue weighted by molar-refractivity contribution is 5.57. The summed E-state index contributed by atoms with van der Waals surface area (Å²) in [7, 11) is 1.42. The summed E-state index contributed by atoms with van der Waals surface area (Å²) >= 11 is 0. The minimum absolute atomic E-state index is 0.0313. The molecule has 1 aromatic carbocycles. The number of hydrogen-bond acceptors (Lipinski definition) is 3. The van der Waals surface area contributed by atoms with E-state index in [1.165, 1.54) is 13.2 Å². The molecule has 0 unspecified atom stereocenters. The lowest BCUT2D eigenvalue weighted by Gasteiger charge is -2.11. The van der Waals surface area contributed by atoms with Crippen molar-refractivity contribution < 1.29 is 9.66 Å². The number of ether oxygens (including phenoxy) is 1. The van der Waals surface area contributed by atoms with Crippen LogP contribution >= 0.6 is 0 Å². The first-order valence-electron chi connectivity index (χ1n) is 4.39. The average molecular weight is 206 g/mol. The van der Waals surface area contributed by atoms with E-state index in [0.29, 0.717) is 5.56 Å². The molecule has 0 bridgehead atoms. The van der Waals surface area contributed by atoms with Crippen molar-refractivity contribution in [2.24, 2.45) is 0 Å².